The summed E-state index contributed by atoms with van der Waals surface area (Å²) in [6.45, 7) is 0.866. The lowest BCUT2D eigenvalue weighted by molar-refractivity contribution is 0.629. The molecule has 0 aliphatic heterocycles. The molecule has 0 unspecified atom stereocenters. The van der Waals surface area contributed by atoms with Gasteiger partial charge in [0.05, 0.1) is 5.52 Å². The second-order valence-corrected chi connectivity index (χ2v) is 3.59. The van der Waals surface area contributed by atoms with Crippen LogP contribution in [0.2, 0.25) is 0 Å². The molecule has 1 aromatic carbocycles. The van der Waals surface area contributed by atoms with E-state index in [-0.39, 0.29) is 5.82 Å². The van der Waals surface area contributed by atoms with Crippen molar-refractivity contribution >= 4 is 10.9 Å². The van der Waals surface area contributed by atoms with Crippen molar-refractivity contribution in [3.63, 3.8) is 0 Å². The number of benzene rings is 1. The van der Waals surface area contributed by atoms with Crippen molar-refractivity contribution in [3.05, 3.63) is 29.7 Å². The summed E-state index contributed by atoms with van der Waals surface area (Å²) in [6, 6.07) is 4.71. The third-order valence-electron chi connectivity index (χ3n) is 2.53. The van der Waals surface area contributed by atoms with Gasteiger partial charge in [-0.25, -0.2) is 4.39 Å². The van der Waals surface area contributed by atoms with Gasteiger partial charge in [-0.05, 0) is 25.2 Å². The molecule has 3 nitrogen and oxygen atoms in total. The highest BCUT2D eigenvalue weighted by molar-refractivity contribution is 5.81. The van der Waals surface area contributed by atoms with E-state index < -0.39 is 0 Å². The number of nitrogens with zero attached hydrogens (tertiary/aromatic N) is 2. The zero-order chi connectivity index (χ0) is 10.8. The first-order chi connectivity index (χ1) is 7.22. The van der Waals surface area contributed by atoms with Crippen LogP contribution in [0.5, 0.6) is 0 Å². The summed E-state index contributed by atoms with van der Waals surface area (Å²) in [5, 5.41) is 8.32. The molecule has 0 saturated heterocycles. The van der Waals surface area contributed by atoms with Crippen molar-refractivity contribution in [2.24, 2.45) is 7.05 Å². The lowest BCUT2D eigenvalue weighted by atomic mass is 10.1. The topological polar surface area (TPSA) is 29.9 Å². The molecule has 0 spiro atoms. The maximum absolute atomic E-state index is 13.1. The predicted octanol–water partition coefficient (Wildman–Crippen LogP) is 1.47. The highest BCUT2D eigenvalue weighted by Crippen LogP contribution is 2.19. The number of likely N-dealkylation sites (N-methyl/N-ethyl adjacent to an activating group) is 1. The summed E-state index contributed by atoms with van der Waals surface area (Å²) in [5.74, 6) is -0.207. The molecule has 0 amide bonds. The number of hydrogen-bond acceptors (Lipinski definition) is 2. The Bertz CT molecular complexity index is 476. The van der Waals surface area contributed by atoms with Gasteiger partial charge in [0.2, 0.25) is 0 Å². The van der Waals surface area contributed by atoms with Crippen LogP contribution in [0.4, 0.5) is 4.39 Å². The highest BCUT2D eigenvalue weighted by atomic mass is 19.1. The van der Waals surface area contributed by atoms with Crippen LogP contribution in [0.3, 0.4) is 0 Å². The normalized spacial score (nSPS) is 11.1. The van der Waals surface area contributed by atoms with Crippen molar-refractivity contribution in [1.29, 1.82) is 0 Å². The Kier molecular flexibility index (Phi) is 2.68. The smallest absolute Gasteiger partial charge is 0.124 e. The molecule has 0 radical (unpaired) electrons. The fourth-order valence-electron chi connectivity index (χ4n) is 1.76. The van der Waals surface area contributed by atoms with Crippen LogP contribution >= 0.6 is 0 Å². The molecular weight excluding hydrogens is 193 g/mol. The molecule has 1 aromatic heterocycles. The molecule has 0 aliphatic rings. The highest BCUT2D eigenvalue weighted by Gasteiger charge is 2.08. The van der Waals surface area contributed by atoms with Crippen LogP contribution in [-0.2, 0) is 13.5 Å². The van der Waals surface area contributed by atoms with Gasteiger partial charge in [-0.15, -0.1) is 0 Å². The molecule has 0 fully saturated rings. The first-order valence-corrected chi connectivity index (χ1v) is 4.98. The van der Waals surface area contributed by atoms with Crippen LogP contribution < -0.4 is 5.32 Å². The van der Waals surface area contributed by atoms with Gasteiger partial charge >= 0.3 is 0 Å². The summed E-state index contributed by atoms with van der Waals surface area (Å²) >= 11 is 0. The van der Waals surface area contributed by atoms with E-state index in [9.17, 15) is 4.39 Å². The minimum Gasteiger partial charge on any atom is -0.319 e. The average Bonchev–Trinajstić information content (AvgIpc) is 2.51. The molecule has 0 aliphatic carbocycles. The minimum atomic E-state index is -0.207. The van der Waals surface area contributed by atoms with Gasteiger partial charge in [0, 0.05) is 31.1 Å². The molecule has 4 heteroatoms. The lowest BCUT2D eigenvalue weighted by Gasteiger charge is -2.01. The summed E-state index contributed by atoms with van der Waals surface area (Å²) in [6.07, 6.45) is 0.854. The van der Waals surface area contributed by atoms with E-state index >= 15 is 0 Å². The Morgan fingerprint density at radius 1 is 1.47 bits per heavy atom. The standard InChI is InChI=1S/C11H14FN3/c1-13-6-5-11-9-7-8(12)3-4-10(9)14-15(11)2/h3-4,7,13H,5-6H2,1-2H3. The van der Waals surface area contributed by atoms with Gasteiger partial charge in [-0.1, -0.05) is 0 Å². The van der Waals surface area contributed by atoms with E-state index in [0.29, 0.717) is 0 Å². The van der Waals surface area contributed by atoms with Gasteiger partial charge in [0.15, 0.2) is 0 Å². The number of rotatable bonds is 3. The van der Waals surface area contributed by atoms with Gasteiger partial charge < -0.3 is 5.32 Å². The Balaban J connectivity index is 2.50. The van der Waals surface area contributed by atoms with Gasteiger partial charge in [0.25, 0.3) is 0 Å². The molecule has 80 valence electrons. The average molecular weight is 207 g/mol. The zero-order valence-corrected chi connectivity index (χ0v) is 8.92. The van der Waals surface area contributed by atoms with Gasteiger partial charge in [-0.2, -0.15) is 5.10 Å². The number of nitrogens with one attached hydrogen (secondary N) is 1. The molecule has 0 saturated carbocycles. The summed E-state index contributed by atoms with van der Waals surface area (Å²) in [5.41, 5.74) is 1.92. The van der Waals surface area contributed by atoms with E-state index in [0.717, 1.165) is 29.6 Å². The number of halogens is 1. The van der Waals surface area contributed by atoms with Crippen LogP contribution in [0.1, 0.15) is 5.69 Å². The van der Waals surface area contributed by atoms with E-state index in [4.69, 9.17) is 0 Å². The number of aryl methyl sites for hydroxylation is 1. The van der Waals surface area contributed by atoms with Crippen molar-refractivity contribution in [3.8, 4) is 0 Å². The molecule has 1 heterocycles. The molecule has 2 rings (SSSR count). The SMILES string of the molecule is CNCCc1c2cc(F)ccc2nn1C. The second kappa shape index (κ2) is 3.98. The number of fused-ring (bicyclic) bond motifs is 1. The maximum Gasteiger partial charge on any atom is 0.124 e. The van der Waals surface area contributed by atoms with E-state index in [1.165, 1.54) is 6.07 Å². The Morgan fingerprint density at radius 3 is 3.00 bits per heavy atom. The molecule has 2 aromatic rings. The Morgan fingerprint density at radius 2 is 2.27 bits per heavy atom. The Hall–Kier alpha value is -1.42. The minimum absolute atomic E-state index is 0.207. The molecule has 15 heavy (non-hydrogen) atoms. The summed E-state index contributed by atoms with van der Waals surface area (Å²) in [4.78, 5) is 0. The summed E-state index contributed by atoms with van der Waals surface area (Å²) in [7, 11) is 3.79. The van der Waals surface area contributed by atoms with E-state index in [1.807, 2.05) is 18.8 Å². The van der Waals surface area contributed by atoms with Crippen molar-refractivity contribution in [2.45, 2.75) is 6.42 Å². The predicted molar refractivity (Wildman–Crippen MR) is 58.3 cm³/mol. The third-order valence-corrected chi connectivity index (χ3v) is 2.53. The van der Waals surface area contributed by atoms with Gasteiger partial charge in [-0.3, -0.25) is 4.68 Å². The fourth-order valence-corrected chi connectivity index (χ4v) is 1.76. The zero-order valence-electron chi connectivity index (χ0n) is 8.92. The van der Waals surface area contributed by atoms with E-state index in [2.05, 4.69) is 10.4 Å². The summed E-state index contributed by atoms with van der Waals surface area (Å²) < 4.78 is 14.9. The van der Waals surface area contributed by atoms with Crippen molar-refractivity contribution in [1.82, 2.24) is 15.1 Å². The van der Waals surface area contributed by atoms with Gasteiger partial charge in [0.1, 0.15) is 5.82 Å². The number of aromatic nitrogens is 2. The molecular formula is C11H14FN3. The molecule has 1 N–H and O–H groups in total. The third kappa shape index (κ3) is 1.85. The lowest BCUT2D eigenvalue weighted by Crippen LogP contribution is -2.12. The first kappa shape index (κ1) is 10.1. The van der Waals surface area contributed by atoms with Crippen molar-refractivity contribution < 1.29 is 4.39 Å². The van der Waals surface area contributed by atoms with Crippen LogP contribution in [0.25, 0.3) is 10.9 Å². The quantitative estimate of drug-likeness (QED) is 0.826. The van der Waals surface area contributed by atoms with Crippen LogP contribution in [0, 0.1) is 5.82 Å². The maximum atomic E-state index is 13.1. The van der Waals surface area contributed by atoms with Crippen LogP contribution in [0.15, 0.2) is 18.2 Å². The first-order valence-electron chi connectivity index (χ1n) is 4.98. The number of hydrogen-bond donors (Lipinski definition) is 1. The fraction of sp³-hybridized carbons (Fsp3) is 0.364. The largest absolute Gasteiger partial charge is 0.319 e. The van der Waals surface area contributed by atoms with Crippen LogP contribution in [-0.4, -0.2) is 23.4 Å². The Labute approximate surface area is 87.9 Å². The molecule has 0 atom stereocenters. The monoisotopic (exact) mass is 207 g/mol. The van der Waals surface area contributed by atoms with E-state index in [1.54, 1.807) is 12.1 Å². The second-order valence-electron chi connectivity index (χ2n) is 3.59. The molecule has 0 bridgehead atoms. The van der Waals surface area contributed by atoms with Crippen molar-refractivity contribution in [2.75, 3.05) is 13.6 Å².